The number of nitrogens with one attached hydrogen (secondary N) is 2. The van der Waals surface area contributed by atoms with E-state index in [0.29, 0.717) is 50.6 Å². The lowest BCUT2D eigenvalue weighted by Gasteiger charge is -2.40. The summed E-state index contributed by atoms with van der Waals surface area (Å²) in [6, 6.07) is 12.3. The Labute approximate surface area is 217 Å². The quantitative estimate of drug-likeness (QED) is 0.281. The molecule has 2 aromatic carbocycles. The number of ether oxygens (including phenoxy) is 1. The van der Waals surface area contributed by atoms with Gasteiger partial charge in [0.1, 0.15) is 12.3 Å². The lowest BCUT2D eigenvalue weighted by molar-refractivity contribution is -0.384. The number of amides is 2. The number of piperidine rings is 1. The van der Waals surface area contributed by atoms with Gasteiger partial charge < -0.3 is 20.3 Å². The van der Waals surface area contributed by atoms with Crippen molar-refractivity contribution >= 4 is 29.1 Å². The Hall–Kier alpha value is -3.66. The first-order valence-electron chi connectivity index (χ1n) is 12.9. The van der Waals surface area contributed by atoms with Crippen LogP contribution in [0.2, 0.25) is 0 Å². The third-order valence-corrected chi connectivity index (χ3v) is 6.89. The molecule has 0 aliphatic carbocycles. The predicted molar refractivity (Wildman–Crippen MR) is 142 cm³/mol. The number of hydrogen-bond acceptors (Lipinski definition) is 7. The number of carbonyl (C=O) groups is 2. The van der Waals surface area contributed by atoms with Gasteiger partial charge in [-0.05, 0) is 49.9 Å². The highest BCUT2D eigenvalue weighted by Gasteiger charge is 2.35. The van der Waals surface area contributed by atoms with Crippen LogP contribution < -0.4 is 20.4 Å². The van der Waals surface area contributed by atoms with Crippen molar-refractivity contribution in [2.75, 3.05) is 42.5 Å². The van der Waals surface area contributed by atoms with Crippen molar-refractivity contribution in [3.05, 3.63) is 63.7 Å². The Morgan fingerprint density at radius 2 is 1.86 bits per heavy atom. The normalized spacial score (nSPS) is 15.9. The van der Waals surface area contributed by atoms with Gasteiger partial charge in [-0.3, -0.25) is 19.8 Å². The molecule has 1 saturated heterocycles. The van der Waals surface area contributed by atoms with Gasteiger partial charge in [-0.1, -0.05) is 32.0 Å². The average Bonchev–Trinajstić information content (AvgIpc) is 2.90. The fraction of sp³-hybridized carbons (Fsp3) is 0.481. The standard InChI is InChI=1S/C27H35N5O5/c1-19(2)9-12-28-13-14-29-26(33)20-7-8-24(25(17-20)32(35)36)30-15-10-22(11-16-30)31-23-6-4-3-5-21(23)18-37-27(31)34/h3-8,17,19,22,28H,9-16,18H2,1-2H3,(H,29,33). The summed E-state index contributed by atoms with van der Waals surface area (Å²) >= 11 is 0. The van der Waals surface area contributed by atoms with Gasteiger partial charge in [-0.25, -0.2) is 4.79 Å². The summed E-state index contributed by atoms with van der Waals surface area (Å²) in [5.74, 6) is 0.284. The molecular formula is C27H35N5O5. The number of nitro groups is 1. The van der Waals surface area contributed by atoms with Crippen molar-refractivity contribution in [1.29, 1.82) is 0 Å². The second-order valence-electron chi connectivity index (χ2n) is 9.92. The fourth-order valence-corrected chi connectivity index (χ4v) is 4.85. The molecule has 198 valence electrons. The number of nitrogens with zero attached hydrogens (tertiary/aromatic N) is 3. The monoisotopic (exact) mass is 509 g/mol. The van der Waals surface area contributed by atoms with E-state index in [-0.39, 0.29) is 35.9 Å². The first kappa shape index (κ1) is 26.4. The number of carbonyl (C=O) groups excluding carboxylic acids is 2. The molecule has 10 nitrogen and oxygen atoms in total. The van der Waals surface area contributed by atoms with Gasteiger partial charge in [-0.2, -0.15) is 0 Å². The maximum Gasteiger partial charge on any atom is 0.414 e. The molecule has 1 fully saturated rings. The number of benzene rings is 2. The second-order valence-corrected chi connectivity index (χ2v) is 9.92. The van der Waals surface area contributed by atoms with Crippen LogP contribution in [0.5, 0.6) is 0 Å². The van der Waals surface area contributed by atoms with Crippen molar-refractivity contribution in [1.82, 2.24) is 10.6 Å². The van der Waals surface area contributed by atoms with E-state index >= 15 is 0 Å². The van der Waals surface area contributed by atoms with Crippen molar-refractivity contribution < 1.29 is 19.2 Å². The minimum absolute atomic E-state index is 0.0524. The van der Waals surface area contributed by atoms with Gasteiger partial charge in [0.05, 0.1) is 10.6 Å². The van der Waals surface area contributed by atoms with E-state index in [1.807, 2.05) is 29.2 Å². The third kappa shape index (κ3) is 6.37. The minimum Gasteiger partial charge on any atom is -0.444 e. The van der Waals surface area contributed by atoms with E-state index in [1.165, 1.54) is 6.07 Å². The minimum atomic E-state index is -0.441. The SMILES string of the molecule is CC(C)CCNCCNC(=O)c1ccc(N2CCC(N3C(=O)OCc4ccccc43)CC2)c([N+](=O)[O-])c1. The first-order valence-corrected chi connectivity index (χ1v) is 12.9. The molecule has 2 aliphatic heterocycles. The summed E-state index contributed by atoms with van der Waals surface area (Å²) in [5.41, 5.74) is 2.50. The van der Waals surface area contributed by atoms with Gasteiger partial charge in [0.25, 0.3) is 11.6 Å². The first-order chi connectivity index (χ1) is 17.8. The molecule has 2 aromatic rings. The number of nitro benzene ring substituents is 1. The van der Waals surface area contributed by atoms with E-state index in [0.717, 1.165) is 24.2 Å². The highest BCUT2D eigenvalue weighted by atomic mass is 16.6. The molecule has 2 amide bonds. The molecular weight excluding hydrogens is 474 g/mol. The van der Waals surface area contributed by atoms with Crippen LogP contribution >= 0.6 is 0 Å². The van der Waals surface area contributed by atoms with Crippen LogP contribution in [-0.4, -0.2) is 55.7 Å². The second kappa shape index (κ2) is 12.1. The topological polar surface area (TPSA) is 117 Å². The van der Waals surface area contributed by atoms with E-state index in [1.54, 1.807) is 17.0 Å². The van der Waals surface area contributed by atoms with E-state index in [2.05, 4.69) is 24.5 Å². The molecule has 10 heteroatoms. The molecule has 0 aromatic heterocycles. The lowest BCUT2D eigenvalue weighted by atomic mass is 9.99. The Morgan fingerprint density at radius 1 is 1.11 bits per heavy atom. The zero-order valence-corrected chi connectivity index (χ0v) is 21.4. The van der Waals surface area contributed by atoms with Crippen LogP contribution in [0.3, 0.4) is 0 Å². The molecule has 0 saturated carbocycles. The number of rotatable bonds is 10. The highest BCUT2D eigenvalue weighted by molar-refractivity contribution is 5.96. The predicted octanol–water partition coefficient (Wildman–Crippen LogP) is 4.09. The van der Waals surface area contributed by atoms with E-state index in [9.17, 15) is 19.7 Å². The van der Waals surface area contributed by atoms with Crippen molar-refractivity contribution in [3.8, 4) is 0 Å². The van der Waals surface area contributed by atoms with Gasteiger partial charge in [0.15, 0.2) is 0 Å². The van der Waals surface area contributed by atoms with Gasteiger partial charge in [0.2, 0.25) is 0 Å². The highest BCUT2D eigenvalue weighted by Crippen LogP contribution is 2.35. The van der Waals surface area contributed by atoms with Crippen molar-refractivity contribution in [2.45, 2.75) is 45.8 Å². The molecule has 0 atom stereocenters. The zero-order valence-electron chi connectivity index (χ0n) is 21.4. The van der Waals surface area contributed by atoms with Crippen LogP contribution in [0.1, 0.15) is 49.0 Å². The average molecular weight is 510 g/mol. The summed E-state index contributed by atoms with van der Waals surface area (Å²) < 4.78 is 5.37. The maximum atomic E-state index is 12.6. The maximum absolute atomic E-state index is 12.6. The fourth-order valence-electron chi connectivity index (χ4n) is 4.85. The lowest BCUT2D eigenvalue weighted by Crippen LogP contribution is -2.49. The number of cyclic esters (lactones) is 1. The molecule has 0 radical (unpaired) electrons. The third-order valence-electron chi connectivity index (χ3n) is 6.89. The Kier molecular flexibility index (Phi) is 8.60. The summed E-state index contributed by atoms with van der Waals surface area (Å²) in [6.45, 7) is 7.65. The van der Waals surface area contributed by atoms with Crippen molar-refractivity contribution in [3.63, 3.8) is 0 Å². The van der Waals surface area contributed by atoms with Gasteiger partial charge in [0, 0.05) is 49.4 Å². The molecule has 37 heavy (non-hydrogen) atoms. The Morgan fingerprint density at radius 3 is 2.59 bits per heavy atom. The Balaban J connectivity index is 1.37. The van der Waals surface area contributed by atoms with Crippen LogP contribution in [0, 0.1) is 16.0 Å². The molecule has 4 rings (SSSR count). The van der Waals surface area contributed by atoms with E-state index < -0.39 is 4.92 Å². The van der Waals surface area contributed by atoms with Crippen LogP contribution in [-0.2, 0) is 11.3 Å². The number of anilines is 2. The zero-order chi connectivity index (χ0) is 26.4. The molecule has 0 bridgehead atoms. The summed E-state index contributed by atoms with van der Waals surface area (Å²) in [4.78, 5) is 40.3. The number of para-hydroxylation sites is 1. The molecule has 2 N–H and O–H groups in total. The number of fused-ring (bicyclic) bond motifs is 1. The van der Waals surface area contributed by atoms with Crippen LogP contribution in [0.25, 0.3) is 0 Å². The van der Waals surface area contributed by atoms with E-state index in [4.69, 9.17) is 4.74 Å². The Bertz CT molecular complexity index is 1130. The smallest absolute Gasteiger partial charge is 0.414 e. The van der Waals surface area contributed by atoms with Gasteiger partial charge in [-0.15, -0.1) is 0 Å². The summed E-state index contributed by atoms with van der Waals surface area (Å²) in [6.07, 6.45) is 2.00. The van der Waals surface area contributed by atoms with Gasteiger partial charge >= 0.3 is 6.09 Å². The van der Waals surface area contributed by atoms with Crippen molar-refractivity contribution in [2.24, 2.45) is 5.92 Å². The summed E-state index contributed by atoms with van der Waals surface area (Å²) in [7, 11) is 0. The van der Waals surface area contributed by atoms with Crippen LogP contribution in [0.4, 0.5) is 21.9 Å². The molecule has 0 unspecified atom stereocenters. The number of hydrogen-bond donors (Lipinski definition) is 2. The molecule has 2 heterocycles. The largest absolute Gasteiger partial charge is 0.444 e. The summed E-state index contributed by atoms with van der Waals surface area (Å²) in [5, 5.41) is 18.0. The molecule has 0 spiro atoms. The molecule has 2 aliphatic rings. The van der Waals surface area contributed by atoms with Crippen LogP contribution in [0.15, 0.2) is 42.5 Å².